The fourth-order valence-electron chi connectivity index (χ4n) is 4.95. The number of amides is 1. The average Bonchev–Trinajstić information content (AvgIpc) is 3.39. The molecule has 1 amide bonds. The van der Waals surface area contributed by atoms with Crippen LogP contribution in [0.15, 0.2) is 77.1 Å². The molecule has 3 aromatic carbocycles. The smallest absolute Gasteiger partial charge is 0.255 e. The Balaban J connectivity index is 1.51. The minimum atomic E-state index is -0.563. The highest BCUT2D eigenvalue weighted by Gasteiger charge is 2.35. The highest BCUT2D eigenvalue weighted by atomic mass is 32.2. The van der Waals surface area contributed by atoms with Crippen LogP contribution in [0.5, 0.6) is 17.2 Å². The summed E-state index contributed by atoms with van der Waals surface area (Å²) < 4.78 is 18.4. The number of ether oxygens (including phenoxy) is 3. The summed E-state index contributed by atoms with van der Waals surface area (Å²) in [6, 6.07) is 18.8. The lowest BCUT2D eigenvalue weighted by molar-refractivity contribution is -0.113. The summed E-state index contributed by atoms with van der Waals surface area (Å²) in [5.41, 5.74) is 6.36. The summed E-state index contributed by atoms with van der Waals surface area (Å²) in [5.74, 6) is 2.95. The van der Waals surface area contributed by atoms with Crippen molar-refractivity contribution in [2.24, 2.45) is 0 Å². The molecule has 1 unspecified atom stereocenters. The van der Waals surface area contributed by atoms with Gasteiger partial charge in [-0.15, -0.1) is 5.10 Å². The van der Waals surface area contributed by atoms with E-state index < -0.39 is 6.04 Å². The minimum absolute atomic E-state index is 0.256. The van der Waals surface area contributed by atoms with E-state index in [0.717, 1.165) is 11.3 Å². The molecule has 0 spiro atoms. The zero-order chi connectivity index (χ0) is 29.8. The van der Waals surface area contributed by atoms with Gasteiger partial charge in [0, 0.05) is 17.1 Å². The van der Waals surface area contributed by atoms with Crippen molar-refractivity contribution in [1.82, 2.24) is 14.8 Å². The van der Waals surface area contributed by atoms with Crippen LogP contribution in [-0.4, -0.2) is 41.5 Å². The molecule has 2 heterocycles. The predicted octanol–water partition coefficient (Wildman–Crippen LogP) is 6.53. The number of allylic oxidation sites excluding steroid dienone is 1. The van der Waals surface area contributed by atoms with Crippen molar-refractivity contribution in [1.29, 1.82) is 0 Å². The SMILES string of the molecule is CCOc1ccc(C2C(C(=O)Nc3ccc(OC)cc3)=C(C)Nc3nc(SCc4ccc(C)cc4C)nn32)cc1OC. The lowest BCUT2D eigenvalue weighted by atomic mass is 9.94. The number of nitrogens with one attached hydrogen (secondary N) is 2. The summed E-state index contributed by atoms with van der Waals surface area (Å²) in [4.78, 5) is 18.7. The molecule has 0 saturated heterocycles. The lowest BCUT2D eigenvalue weighted by Gasteiger charge is -2.29. The molecule has 1 aliphatic rings. The van der Waals surface area contributed by atoms with Crippen LogP contribution in [0.2, 0.25) is 0 Å². The van der Waals surface area contributed by atoms with Crippen LogP contribution < -0.4 is 24.8 Å². The van der Waals surface area contributed by atoms with Gasteiger partial charge in [0.05, 0.1) is 26.4 Å². The Bertz CT molecular complexity index is 1630. The number of carbonyl (C=O) groups is 1. The van der Waals surface area contributed by atoms with E-state index in [1.54, 1.807) is 54.9 Å². The van der Waals surface area contributed by atoms with E-state index >= 15 is 0 Å². The molecule has 0 fully saturated rings. The molecular weight excluding hydrogens is 550 g/mol. The minimum Gasteiger partial charge on any atom is -0.497 e. The summed E-state index contributed by atoms with van der Waals surface area (Å²) in [6.07, 6.45) is 0. The van der Waals surface area contributed by atoms with Crippen LogP contribution >= 0.6 is 11.8 Å². The first kappa shape index (κ1) is 29.1. The van der Waals surface area contributed by atoms with Gasteiger partial charge in [0.2, 0.25) is 11.1 Å². The Morgan fingerprint density at radius 2 is 1.79 bits per heavy atom. The molecule has 0 bridgehead atoms. The lowest BCUT2D eigenvalue weighted by Crippen LogP contribution is -2.31. The molecule has 42 heavy (non-hydrogen) atoms. The van der Waals surface area contributed by atoms with Crippen LogP contribution in [-0.2, 0) is 10.5 Å². The number of fused-ring (bicyclic) bond motifs is 1. The second-order valence-electron chi connectivity index (χ2n) is 9.97. The Morgan fingerprint density at radius 3 is 2.48 bits per heavy atom. The summed E-state index contributed by atoms with van der Waals surface area (Å²) >= 11 is 1.56. The number of hydrogen-bond acceptors (Lipinski definition) is 8. The van der Waals surface area contributed by atoms with Gasteiger partial charge in [0.15, 0.2) is 11.5 Å². The van der Waals surface area contributed by atoms with Gasteiger partial charge in [-0.05, 0) is 80.8 Å². The van der Waals surface area contributed by atoms with Crippen molar-refractivity contribution in [3.63, 3.8) is 0 Å². The zero-order valence-electron chi connectivity index (χ0n) is 24.6. The van der Waals surface area contributed by atoms with E-state index in [-0.39, 0.29) is 5.91 Å². The summed E-state index contributed by atoms with van der Waals surface area (Å²) in [5, 5.41) is 11.8. The maximum absolute atomic E-state index is 13.9. The molecule has 9 nitrogen and oxygen atoms in total. The normalized spacial score (nSPS) is 14.2. The quantitative estimate of drug-likeness (QED) is 0.203. The van der Waals surface area contributed by atoms with Gasteiger partial charge in [-0.2, -0.15) is 4.98 Å². The van der Waals surface area contributed by atoms with Gasteiger partial charge in [0.1, 0.15) is 11.8 Å². The van der Waals surface area contributed by atoms with Crippen LogP contribution in [0.25, 0.3) is 0 Å². The monoisotopic (exact) mass is 585 g/mol. The van der Waals surface area contributed by atoms with Crippen molar-refractivity contribution in [3.8, 4) is 17.2 Å². The second kappa shape index (κ2) is 12.6. The Labute approximate surface area is 250 Å². The number of rotatable bonds is 10. The largest absolute Gasteiger partial charge is 0.497 e. The van der Waals surface area contributed by atoms with Crippen LogP contribution in [0.3, 0.4) is 0 Å². The van der Waals surface area contributed by atoms with Gasteiger partial charge in [0.25, 0.3) is 5.91 Å². The van der Waals surface area contributed by atoms with E-state index in [1.165, 1.54) is 16.7 Å². The first-order chi connectivity index (χ1) is 20.3. The maximum Gasteiger partial charge on any atom is 0.255 e. The first-order valence-corrected chi connectivity index (χ1v) is 14.7. The molecule has 0 aliphatic carbocycles. The number of benzene rings is 3. The number of thioether (sulfide) groups is 1. The number of methoxy groups -OCH3 is 2. The van der Waals surface area contributed by atoms with E-state index in [1.807, 2.05) is 32.0 Å². The number of carbonyl (C=O) groups excluding carboxylic acids is 1. The molecular formula is C32H35N5O4S. The van der Waals surface area contributed by atoms with E-state index in [4.69, 9.17) is 24.3 Å². The van der Waals surface area contributed by atoms with Gasteiger partial charge >= 0.3 is 0 Å². The summed E-state index contributed by atoms with van der Waals surface area (Å²) in [7, 11) is 3.21. The third-order valence-corrected chi connectivity index (χ3v) is 7.97. The highest BCUT2D eigenvalue weighted by molar-refractivity contribution is 7.98. The number of hydrogen-bond donors (Lipinski definition) is 2. The molecule has 1 aliphatic heterocycles. The molecule has 2 N–H and O–H groups in total. The third-order valence-electron chi connectivity index (χ3n) is 7.08. The molecule has 1 aromatic heterocycles. The van der Waals surface area contributed by atoms with Crippen LogP contribution in [0, 0.1) is 13.8 Å². The number of nitrogens with zero attached hydrogens (tertiary/aromatic N) is 3. The van der Waals surface area contributed by atoms with Crippen molar-refractivity contribution in [3.05, 3.63) is 94.2 Å². The predicted molar refractivity (Wildman–Crippen MR) is 166 cm³/mol. The summed E-state index contributed by atoms with van der Waals surface area (Å²) in [6.45, 7) is 8.52. The molecule has 4 aromatic rings. The maximum atomic E-state index is 13.9. The van der Waals surface area contributed by atoms with Gasteiger partial charge in [-0.1, -0.05) is 41.6 Å². The molecule has 10 heteroatoms. The standard InChI is InChI=1S/C32H35N5O4S/c1-7-41-26-15-10-22(17-27(26)40-6)29-28(30(38)34-24-11-13-25(39-5)14-12-24)21(4)33-31-35-32(36-37(29)31)42-18-23-9-8-19(2)16-20(23)3/h8-17,29H,7,18H2,1-6H3,(H,34,38)(H,33,35,36). The van der Waals surface area contributed by atoms with Gasteiger partial charge < -0.3 is 24.8 Å². The van der Waals surface area contributed by atoms with Gasteiger partial charge in [-0.25, -0.2) is 4.68 Å². The van der Waals surface area contributed by atoms with Gasteiger partial charge in [-0.3, -0.25) is 4.79 Å². The molecule has 0 saturated carbocycles. The molecule has 218 valence electrons. The Kier molecular flexibility index (Phi) is 8.72. The van der Waals surface area contributed by atoms with Crippen molar-refractivity contribution < 1.29 is 19.0 Å². The molecule has 5 rings (SSSR count). The third kappa shape index (κ3) is 6.08. The average molecular weight is 586 g/mol. The Hall–Kier alpha value is -4.44. The fraction of sp³-hybridized carbons (Fsp3) is 0.281. The van der Waals surface area contributed by atoms with Crippen molar-refractivity contribution in [2.75, 3.05) is 31.5 Å². The van der Waals surface area contributed by atoms with Crippen molar-refractivity contribution in [2.45, 2.75) is 44.6 Å². The Morgan fingerprint density at radius 1 is 1.00 bits per heavy atom. The zero-order valence-corrected chi connectivity index (χ0v) is 25.5. The van der Waals surface area contributed by atoms with Crippen LogP contribution in [0.4, 0.5) is 11.6 Å². The molecule has 0 radical (unpaired) electrons. The van der Waals surface area contributed by atoms with E-state index in [2.05, 4.69) is 42.7 Å². The molecule has 1 atom stereocenters. The number of anilines is 2. The second-order valence-corrected chi connectivity index (χ2v) is 10.9. The highest BCUT2D eigenvalue weighted by Crippen LogP contribution is 2.40. The van der Waals surface area contributed by atoms with Crippen LogP contribution in [0.1, 0.15) is 42.1 Å². The fourth-order valence-corrected chi connectivity index (χ4v) is 5.85. The topological polar surface area (TPSA) is 99.5 Å². The van der Waals surface area contributed by atoms with E-state index in [0.29, 0.717) is 51.9 Å². The number of aromatic nitrogens is 3. The first-order valence-electron chi connectivity index (χ1n) is 13.7. The van der Waals surface area contributed by atoms with Crippen molar-refractivity contribution >= 4 is 29.3 Å². The van der Waals surface area contributed by atoms with E-state index in [9.17, 15) is 4.79 Å². The number of aryl methyl sites for hydroxylation is 2.